The van der Waals surface area contributed by atoms with Crippen LogP contribution in [0, 0.1) is 0 Å². The van der Waals surface area contributed by atoms with Gasteiger partial charge < -0.3 is 25.2 Å². The third kappa shape index (κ3) is 4.24. The molecule has 0 unspecified atom stereocenters. The van der Waals surface area contributed by atoms with Gasteiger partial charge in [0.2, 0.25) is 22.8 Å². The summed E-state index contributed by atoms with van der Waals surface area (Å²) in [5.74, 6) is 1.62. The second-order valence-electron chi connectivity index (χ2n) is 6.24. The molecular formula is C18H16ClN5O5S. The number of hydrogen-bond donors (Lipinski definition) is 4. The SMILES string of the molecule is NS(=O)(=O)c1cc(CO)cc(Nc2nccc(Nc3c(Cl)ccc4c3OCO4)n2)c1. The topological polar surface area (TPSA) is 149 Å². The Labute approximate surface area is 176 Å². The number of nitrogens with two attached hydrogens (primary N) is 1. The van der Waals surface area contributed by atoms with E-state index < -0.39 is 10.0 Å². The lowest BCUT2D eigenvalue weighted by molar-refractivity contribution is 0.174. The van der Waals surface area contributed by atoms with Gasteiger partial charge in [-0.15, -0.1) is 0 Å². The number of fused-ring (bicyclic) bond motifs is 1. The summed E-state index contributed by atoms with van der Waals surface area (Å²) in [5, 5.41) is 21.0. The molecule has 0 aliphatic carbocycles. The van der Waals surface area contributed by atoms with Crippen LogP contribution < -0.4 is 25.2 Å². The fourth-order valence-corrected chi connectivity index (χ4v) is 3.60. The van der Waals surface area contributed by atoms with Gasteiger partial charge in [-0.05, 0) is 42.0 Å². The fourth-order valence-electron chi connectivity index (χ4n) is 2.80. The quantitative estimate of drug-likeness (QED) is 0.445. The number of aliphatic hydroxyl groups excluding tert-OH is 1. The minimum Gasteiger partial charge on any atom is -0.454 e. The number of primary sulfonamides is 1. The van der Waals surface area contributed by atoms with E-state index >= 15 is 0 Å². The highest BCUT2D eigenvalue weighted by atomic mass is 35.5. The molecule has 4 rings (SSSR count). The smallest absolute Gasteiger partial charge is 0.238 e. The van der Waals surface area contributed by atoms with Gasteiger partial charge in [-0.3, -0.25) is 0 Å². The fraction of sp³-hybridized carbons (Fsp3) is 0.111. The highest BCUT2D eigenvalue weighted by molar-refractivity contribution is 7.89. The molecule has 5 N–H and O–H groups in total. The number of anilines is 4. The molecule has 1 aromatic heterocycles. The number of aliphatic hydroxyl groups is 1. The van der Waals surface area contributed by atoms with Crippen molar-refractivity contribution in [3.05, 3.63) is 53.2 Å². The zero-order valence-corrected chi connectivity index (χ0v) is 16.9. The van der Waals surface area contributed by atoms with Crippen LogP contribution in [0.2, 0.25) is 5.02 Å². The zero-order chi connectivity index (χ0) is 21.3. The monoisotopic (exact) mass is 449 g/mol. The summed E-state index contributed by atoms with van der Waals surface area (Å²) >= 11 is 6.27. The molecule has 0 atom stereocenters. The van der Waals surface area contributed by atoms with Crippen molar-refractivity contribution >= 4 is 44.8 Å². The molecule has 156 valence electrons. The molecular weight excluding hydrogens is 434 g/mol. The third-order valence-electron chi connectivity index (χ3n) is 4.13. The maximum absolute atomic E-state index is 11.7. The summed E-state index contributed by atoms with van der Waals surface area (Å²) < 4.78 is 34.2. The van der Waals surface area contributed by atoms with Gasteiger partial charge in [0.25, 0.3) is 0 Å². The Morgan fingerprint density at radius 2 is 2.00 bits per heavy atom. The Kier molecular flexibility index (Phi) is 5.35. The number of sulfonamides is 1. The number of nitrogens with zero attached hydrogens (tertiary/aromatic N) is 2. The Morgan fingerprint density at radius 1 is 1.17 bits per heavy atom. The molecule has 0 saturated carbocycles. The normalized spacial score (nSPS) is 12.6. The highest BCUT2D eigenvalue weighted by Crippen LogP contribution is 2.44. The number of nitrogens with one attached hydrogen (secondary N) is 2. The molecule has 30 heavy (non-hydrogen) atoms. The number of benzene rings is 2. The first-order valence-electron chi connectivity index (χ1n) is 8.56. The molecule has 0 fully saturated rings. The molecule has 0 spiro atoms. The van der Waals surface area contributed by atoms with Gasteiger partial charge >= 0.3 is 0 Å². The molecule has 0 saturated heterocycles. The van der Waals surface area contributed by atoms with Gasteiger partial charge in [-0.1, -0.05) is 11.6 Å². The average molecular weight is 450 g/mol. The zero-order valence-electron chi connectivity index (χ0n) is 15.3. The lowest BCUT2D eigenvalue weighted by Crippen LogP contribution is -2.13. The van der Waals surface area contributed by atoms with Crippen molar-refractivity contribution in [3.8, 4) is 11.5 Å². The van der Waals surface area contributed by atoms with Crippen LogP contribution in [0.15, 0.2) is 47.5 Å². The van der Waals surface area contributed by atoms with Gasteiger partial charge in [-0.25, -0.2) is 18.5 Å². The number of hydrogen-bond acceptors (Lipinski definition) is 9. The molecule has 0 bridgehead atoms. The van der Waals surface area contributed by atoms with E-state index in [-0.39, 0.29) is 24.2 Å². The van der Waals surface area contributed by atoms with E-state index in [9.17, 15) is 13.5 Å². The maximum atomic E-state index is 11.7. The van der Waals surface area contributed by atoms with Gasteiger partial charge in [-0.2, -0.15) is 4.98 Å². The first-order chi connectivity index (χ1) is 14.3. The molecule has 10 nitrogen and oxygen atoms in total. The Bertz CT molecular complexity index is 1220. The summed E-state index contributed by atoms with van der Waals surface area (Å²) in [6.45, 7) is -0.269. The van der Waals surface area contributed by atoms with E-state index in [1.54, 1.807) is 24.3 Å². The largest absolute Gasteiger partial charge is 0.454 e. The molecule has 2 aromatic carbocycles. The summed E-state index contributed by atoms with van der Waals surface area (Å²) in [4.78, 5) is 8.33. The van der Waals surface area contributed by atoms with Crippen LogP contribution in [0.4, 0.5) is 23.1 Å². The van der Waals surface area contributed by atoms with Gasteiger partial charge in [0.1, 0.15) is 11.5 Å². The van der Waals surface area contributed by atoms with Crippen molar-refractivity contribution in [2.45, 2.75) is 11.5 Å². The van der Waals surface area contributed by atoms with E-state index in [1.807, 2.05) is 0 Å². The minimum absolute atomic E-state index is 0.0918. The van der Waals surface area contributed by atoms with Gasteiger partial charge in [0, 0.05) is 11.9 Å². The van der Waals surface area contributed by atoms with Crippen LogP contribution in [0.25, 0.3) is 0 Å². The number of aromatic nitrogens is 2. The molecule has 3 aromatic rings. The lowest BCUT2D eigenvalue weighted by Gasteiger charge is -2.12. The third-order valence-corrected chi connectivity index (χ3v) is 5.34. The maximum Gasteiger partial charge on any atom is 0.238 e. The number of ether oxygens (including phenoxy) is 2. The van der Waals surface area contributed by atoms with Crippen LogP contribution in [0.3, 0.4) is 0 Å². The van der Waals surface area contributed by atoms with Crippen molar-refractivity contribution in [2.75, 3.05) is 17.4 Å². The molecule has 1 aliphatic heterocycles. The minimum atomic E-state index is -3.95. The first-order valence-corrected chi connectivity index (χ1v) is 10.5. The average Bonchev–Trinajstić information content (AvgIpc) is 3.18. The first kappa shape index (κ1) is 20.2. The molecule has 0 radical (unpaired) electrons. The van der Waals surface area contributed by atoms with Gasteiger partial charge in [0.05, 0.1) is 16.5 Å². The van der Waals surface area contributed by atoms with Gasteiger partial charge in [0.15, 0.2) is 11.5 Å². The summed E-state index contributed by atoms with van der Waals surface area (Å²) in [5.41, 5.74) is 1.20. The molecule has 12 heteroatoms. The highest BCUT2D eigenvalue weighted by Gasteiger charge is 2.21. The van der Waals surface area contributed by atoms with Crippen LogP contribution in [0.1, 0.15) is 5.56 Å². The lowest BCUT2D eigenvalue weighted by atomic mass is 10.2. The second-order valence-corrected chi connectivity index (χ2v) is 8.21. The Hall–Kier alpha value is -3.12. The van der Waals surface area contributed by atoms with Crippen LogP contribution in [0.5, 0.6) is 11.5 Å². The predicted octanol–water partition coefficient (Wildman–Crippen LogP) is 2.49. The summed E-state index contributed by atoms with van der Waals surface area (Å²) in [7, 11) is -3.95. The van der Waals surface area contributed by atoms with E-state index in [0.717, 1.165) is 0 Å². The van der Waals surface area contributed by atoms with Crippen molar-refractivity contribution in [3.63, 3.8) is 0 Å². The standard InChI is InChI=1S/C18H16ClN5O5S/c19-13-1-2-14-17(29-9-28-14)16(13)23-15-3-4-21-18(24-15)22-11-5-10(8-25)6-12(7-11)30(20,26)27/h1-7,25H,8-9H2,(H2,20,26,27)(H2,21,22,23,24). The van der Waals surface area contributed by atoms with E-state index in [2.05, 4.69) is 20.6 Å². The summed E-state index contributed by atoms with van der Waals surface area (Å²) in [6.07, 6.45) is 1.50. The van der Waals surface area contributed by atoms with Crippen LogP contribution in [-0.2, 0) is 16.6 Å². The van der Waals surface area contributed by atoms with Crippen LogP contribution >= 0.6 is 11.6 Å². The molecule has 1 aliphatic rings. The van der Waals surface area contributed by atoms with Crippen LogP contribution in [-0.4, -0.2) is 30.3 Å². The van der Waals surface area contributed by atoms with Crippen molar-refractivity contribution < 1.29 is 23.0 Å². The second kappa shape index (κ2) is 7.95. The number of rotatable bonds is 6. The van der Waals surface area contributed by atoms with E-state index in [0.29, 0.717) is 39.3 Å². The molecule has 0 amide bonds. The van der Waals surface area contributed by atoms with E-state index in [1.165, 1.54) is 18.3 Å². The van der Waals surface area contributed by atoms with E-state index in [4.69, 9.17) is 26.2 Å². The van der Waals surface area contributed by atoms with Crippen molar-refractivity contribution in [1.29, 1.82) is 0 Å². The predicted molar refractivity (Wildman–Crippen MR) is 110 cm³/mol. The number of halogens is 1. The van der Waals surface area contributed by atoms with Crippen molar-refractivity contribution in [1.82, 2.24) is 9.97 Å². The molecule has 2 heterocycles. The Balaban J connectivity index is 1.62. The Morgan fingerprint density at radius 3 is 2.77 bits per heavy atom. The van der Waals surface area contributed by atoms with Crippen molar-refractivity contribution in [2.24, 2.45) is 5.14 Å². The summed E-state index contributed by atoms with van der Waals surface area (Å²) in [6, 6.07) is 9.18.